The number of aryl methyl sites for hydroxylation is 2. The lowest BCUT2D eigenvalue weighted by molar-refractivity contribution is 0.157. The second-order valence-corrected chi connectivity index (χ2v) is 8.72. The van der Waals surface area contributed by atoms with Crippen molar-refractivity contribution in [2.75, 3.05) is 5.73 Å². The molecule has 0 aromatic heterocycles. The third kappa shape index (κ3) is 5.86. The fourth-order valence-electron chi connectivity index (χ4n) is 3.42. The van der Waals surface area contributed by atoms with E-state index in [2.05, 4.69) is 0 Å². The number of nitrogens with two attached hydrogens (primary N) is 1. The maximum atomic E-state index is 6.44. The monoisotopic (exact) mass is 491 g/mol. The third-order valence-electron chi connectivity index (χ3n) is 5.38. The van der Waals surface area contributed by atoms with Crippen molar-refractivity contribution in [2.45, 2.75) is 20.0 Å². The van der Waals surface area contributed by atoms with Gasteiger partial charge in [0.2, 0.25) is 0 Å². The molecule has 34 heavy (non-hydrogen) atoms. The zero-order valence-corrected chi connectivity index (χ0v) is 20.4. The molecule has 4 nitrogen and oxygen atoms in total. The van der Waals surface area contributed by atoms with Gasteiger partial charge in [0.15, 0.2) is 0 Å². The van der Waals surface area contributed by atoms with Crippen LogP contribution in [-0.4, -0.2) is 7.32 Å². The second kappa shape index (κ2) is 10.9. The molecule has 4 aromatic rings. The van der Waals surface area contributed by atoms with Crippen molar-refractivity contribution >= 4 is 36.2 Å². The van der Waals surface area contributed by atoms with Crippen LogP contribution in [0, 0.1) is 13.8 Å². The minimum absolute atomic E-state index is 0.506. The van der Waals surface area contributed by atoms with Gasteiger partial charge in [-0.2, -0.15) is 0 Å². The molecular formula is C27H24BCl2NO3. The Morgan fingerprint density at radius 2 is 1.24 bits per heavy atom. The van der Waals surface area contributed by atoms with Crippen LogP contribution in [0.15, 0.2) is 91.0 Å². The highest BCUT2D eigenvalue weighted by Gasteiger charge is 2.33. The summed E-state index contributed by atoms with van der Waals surface area (Å²) in [6.45, 7) is 3.85. The molecule has 0 aliphatic carbocycles. The van der Waals surface area contributed by atoms with E-state index in [4.69, 9.17) is 42.9 Å². The van der Waals surface area contributed by atoms with Crippen molar-refractivity contribution in [2.24, 2.45) is 0 Å². The van der Waals surface area contributed by atoms with Crippen LogP contribution >= 0.6 is 23.2 Å². The Labute approximate surface area is 210 Å². The van der Waals surface area contributed by atoms with E-state index in [0.29, 0.717) is 27.2 Å². The molecule has 4 aromatic carbocycles. The van der Waals surface area contributed by atoms with Gasteiger partial charge in [0.1, 0.15) is 17.6 Å². The number of rotatable bonds is 8. The average molecular weight is 492 g/mol. The SMILES string of the molecule is Cc1ccc(OB(Oc2ccc(C)c(Cl)c2)OC(c2ccccc2)c2ccccc2N)cc1Cl. The summed E-state index contributed by atoms with van der Waals surface area (Å²) < 4.78 is 18.7. The van der Waals surface area contributed by atoms with Crippen LogP contribution in [0.2, 0.25) is 10.0 Å². The molecule has 0 radical (unpaired) electrons. The smallest absolute Gasteiger partial charge is 0.501 e. The van der Waals surface area contributed by atoms with E-state index in [1.165, 1.54) is 0 Å². The van der Waals surface area contributed by atoms with Gasteiger partial charge in [-0.05, 0) is 60.9 Å². The average Bonchev–Trinajstić information content (AvgIpc) is 2.83. The molecule has 7 heteroatoms. The van der Waals surface area contributed by atoms with Crippen molar-refractivity contribution in [3.05, 3.63) is 123 Å². The van der Waals surface area contributed by atoms with E-state index >= 15 is 0 Å². The molecule has 4 rings (SSSR count). The Hall–Kier alpha value is -3.12. The van der Waals surface area contributed by atoms with E-state index in [1.807, 2.05) is 92.7 Å². The van der Waals surface area contributed by atoms with E-state index < -0.39 is 13.4 Å². The first kappa shape index (κ1) is 24.0. The third-order valence-corrected chi connectivity index (χ3v) is 6.19. The van der Waals surface area contributed by atoms with Gasteiger partial charge < -0.3 is 19.7 Å². The molecule has 0 fully saturated rings. The van der Waals surface area contributed by atoms with Crippen LogP contribution in [0.1, 0.15) is 28.4 Å². The predicted molar refractivity (Wildman–Crippen MR) is 140 cm³/mol. The maximum absolute atomic E-state index is 6.44. The van der Waals surface area contributed by atoms with Crippen LogP contribution < -0.4 is 15.0 Å². The molecule has 0 bridgehead atoms. The summed E-state index contributed by atoms with van der Waals surface area (Å²) in [5.74, 6) is 1.01. The molecule has 2 N–H and O–H groups in total. The lowest BCUT2D eigenvalue weighted by Gasteiger charge is -2.24. The first-order chi connectivity index (χ1) is 16.4. The zero-order valence-electron chi connectivity index (χ0n) is 18.9. The fraction of sp³-hybridized carbons (Fsp3) is 0.111. The quantitative estimate of drug-likeness (QED) is 0.205. The maximum Gasteiger partial charge on any atom is 0.788 e. The Kier molecular flexibility index (Phi) is 7.68. The number of nitrogen functional groups attached to an aromatic ring is 1. The van der Waals surface area contributed by atoms with Crippen molar-refractivity contribution < 1.29 is 14.0 Å². The highest BCUT2D eigenvalue weighted by atomic mass is 35.5. The topological polar surface area (TPSA) is 53.7 Å². The molecule has 0 amide bonds. The van der Waals surface area contributed by atoms with Gasteiger partial charge in [-0.25, -0.2) is 0 Å². The minimum Gasteiger partial charge on any atom is -0.501 e. The Morgan fingerprint density at radius 3 is 1.76 bits per heavy atom. The van der Waals surface area contributed by atoms with Crippen molar-refractivity contribution in [3.63, 3.8) is 0 Å². The number of anilines is 1. The number of hydrogen-bond donors (Lipinski definition) is 1. The molecule has 1 atom stereocenters. The molecule has 1 unspecified atom stereocenters. The first-order valence-electron chi connectivity index (χ1n) is 10.8. The minimum atomic E-state index is -1.12. The Balaban J connectivity index is 1.71. The lowest BCUT2D eigenvalue weighted by Crippen LogP contribution is -2.35. The molecule has 0 saturated heterocycles. The zero-order chi connectivity index (χ0) is 24.1. The highest BCUT2D eigenvalue weighted by Crippen LogP contribution is 2.32. The van der Waals surface area contributed by atoms with Gasteiger partial charge >= 0.3 is 7.32 Å². The number of para-hydroxylation sites is 1. The van der Waals surface area contributed by atoms with Gasteiger partial charge in [-0.3, -0.25) is 0 Å². The molecule has 172 valence electrons. The predicted octanol–water partition coefficient (Wildman–Crippen LogP) is 7.44. The Bertz CT molecular complexity index is 1220. The molecule has 0 spiro atoms. The fourth-order valence-corrected chi connectivity index (χ4v) is 3.76. The highest BCUT2D eigenvalue weighted by molar-refractivity contribution is 6.39. The van der Waals surface area contributed by atoms with Gasteiger partial charge in [-0.15, -0.1) is 0 Å². The van der Waals surface area contributed by atoms with E-state index in [9.17, 15) is 0 Å². The van der Waals surface area contributed by atoms with E-state index in [0.717, 1.165) is 22.3 Å². The number of halogens is 2. The van der Waals surface area contributed by atoms with Gasteiger partial charge in [0, 0.05) is 21.3 Å². The largest absolute Gasteiger partial charge is 0.788 e. The molecule has 0 aliphatic rings. The number of hydrogen-bond acceptors (Lipinski definition) is 4. The lowest BCUT2D eigenvalue weighted by atomic mass is 9.98. The summed E-state index contributed by atoms with van der Waals surface area (Å²) in [6, 6.07) is 28.2. The van der Waals surface area contributed by atoms with Crippen LogP contribution in [0.3, 0.4) is 0 Å². The van der Waals surface area contributed by atoms with Crippen LogP contribution in [-0.2, 0) is 4.65 Å². The Morgan fingerprint density at radius 1 is 0.706 bits per heavy atom. The summed E-state index contributed by atoms with van der Waals surface area (Å²) in [5.41, 5.74) is 10.5. The van der Waals surface area contributed by atoms with E-state index in [1.54, 1.807) is 12.1 Å². The summed E-state index contributed by atoms with van der Waals surface area (Å²) >= 11 is 12.6. The number of benzene rings is 4. The van der Waals surface area contributed by atoms with Crippen LogP contribution in [0.25, 0.3) is 0 Å². The second-order valence-electron chi connectivity index (χ2n) is 7.90. The van der Waals surface area contributed by atoms with Gasteiger partial charge in [0.05, 0.1) is 0 Å². The normalized spacial score (nSPS) is 11.6. The summed E-state index contributed by atoms with van der Waals surface area (Å²) in [7, 11) is -1.12. The van der Waals surface area contributed by atoms with E-state index in [-0.39, 0.29) is 0 Å². The molecule has 0 aliphatic heterocycles. The molecule has 0 heterocycles. The van der Waals surface area contributed by atoms with Crippen molar-refractivity contribution in [1.29, 1.82) is 0 Å². The summed E-state index contributed by atoms with van der Waals surface area (Å²) in [5, 5.41) is 1.17. The van der Waals surface area contributed by atoms with Gasteiger partial charge in [0.25, 0.3) is 0 Å². The molecular weight excluding hydrogens is 468 g/mol. The van der Waals surface area contributed by atoms with Crippen LogP contribution in [0.4, 0.5) is 5.69 Å². The van der Waals surface area contributed by atoms with Crippen LogP contribution in [0.5, 0.6) is 11.5 Å². The van der Waals surface area contributed by atoms with Gasteiger partial charge in [-0.1, -0.05) is 83.9 Å². The van der Waals surface area contributed by atoms with Crippen molar-refractivity contribution in [3.8, 4) is 11.5 Å². The first-order valence-corrected chi connectivity index (χ1v) is 11.6. The summed E-state index contributed by atoms with van der Waals surface area (Å²) in [4.78, 5) is 0. The van der Waals surface area contributed by atoms with Crippen molar-refractivity contribution in [1.82, 2.24) is 0 Å². The molecule has 0 saturated carbocycles. The standard InChI is InChI=1S/C27H24BCl2NO3/c1-18-12-14-21(16-24(18)29)32-28(33-22-15-13-19(2)25(30)17-22)34-27(20-8-4-3-5-9-20)23-10-6-7-11-26(23)31/h3-17,27H,31H2,1-2H3. The summed E-state index contributed by atoms with van der Waals surface area (Å²) in [6.07, 6.45) is -0.547.